The van der Waals surface area contributed by atoms with E-state index in [1.54, 1.807) is 26.5 Å². The monoisotopic (exact) mass is 279 g/mol. The zero-order chi connectivity index (χ0) is 14.5. The van der Waals surface area contributed by atoms with Gasteiger partial charge in [0.2, 0.25) is 0 Å². The highest BCUT2D eigenvalue weighted by Crippen LogP contribution is 2.36. The van der Waals surface area contributed by atoms with E-state index in [0.717, 1.165) is 25.7 Å². The Morgan fingerprint density at radius 1 is 1.40 bits per heavy atom. The SMILES string of the molecule is COc1ccnc(CC(C(=O)O)C2CCCC2)c1OC. The third kappa shape index (κ3) is 3.03. The summed E-state index contributed by atoms with van der Waals surface area (Å²) in [7, 11) is 3.11. The lowest BCUT2D eigenvalue weighted by Gasteiger charge is -2.20. The molecule has 1 saturated carbocycles. The number of aliphatic carboxylic acids is 1. The molecule has 1 aromatic rings. The van der Waals surface area contributed by atoms with Gasteiger partial charge in [0.25, 0.3) is 0 Å². The topological polar surface area (TPSA) is 68.7 Å². The van der Waals surface area contributed by atoms with Crippen molar-refractivity contribution in [1.29, 1.82) is 0 Å². The fourth-order valence-electron chi connectivity index (χ4n) is 3.02. The third-order valence-corrected chi connectivity index (χ3v) is 4.07. The molecule has 1 aliphatic carbocycles. The van der Waals surface area contributed by atoms with Crippen molar-refractivity contribution in [2.75, 3.05) is 14.2 Å². The van der Waals surface area contributed by atoms with E-state index in [9.17, 15) is 9.90 Å². The lowest BCUT2D eigenvalue weighted by molar-refractivity contribution is -0.143. The molecule has 1 heterocycles. The minimum absolute atomic E-state index is 0.241. The van der Waals surface area contributed by atoms with Crippen LogP contribution >= 0.6 is 0 Å². The van der Waals surface area contributed by atoms with Gasteiger partial charge in [-0.05, 0) is 18.8 Å². The van der Waals surface area contributed by atoms with Crippen molar-refractivity contribution in [1.82, 2.24) is 4.98 Å². The molecule has 0 bridgehead atoms. The molecule has 20 heavy (non-hydrogen) atoms. The van der Waals surface area contributed by atoms with Crippen LogP contribution in [-0.4, -0.2) is 30.3 Å². The summed E-state index contributed by atoms with van der Waals surface area (Å²) in [6, 6.07) is 1.72. The first-order valence-corrected chi connectivity index (χ1v) is 6.96. The largest absolute Gasteiger partial charge is 0.493 e. The second kappa shape index (κ2) is 6.59. The van der Waals surface area contributed by atoms with Crippen molar-refractivity contribution in [2.24, 2.45) is 11.8 Å². The summed E-state index contributed by atoms with van der Waals surface area (Å²) < 4.78 is 10.6. The van der Waals surface area contributed by atoms with Crippen molar-refractivity contribution in [3.63, 3.8) is 0 Å². The standard InChI is InChI=1S/C15H21NO4/c1-19-13-7-8-16-12(14(13)20-2)9-11(15(17)18)10-5-3-4-6-10/h7-8,10-11H,3-6,9H2,1-2H3,(H,17,18). The number of hydrogen-bond donors (Lipinski definition) is 1. The molecule has 5 nitrogen and oxygen atoms in total. The third-order valence-electron chi connectivity index (χ3n) is 4.07. The van der Waals surface area contributed by atoms with Crippen LogP contribution < -0.4 is 9.47 Å². The number of methoxy groups -OCH3 is 2. The summed E-state index contributed by atoms with van der Waals surface area (Å²) in [5.41, 5.74) is 0.658. The number of nitrogens with zero attached hydrogens (tertiary/aromatic N) is 1. The maximum atomic E-state index is 11.5. The number of carboxylic acids is 1. The van der Waals surface area contributed by atoms with Gasteiger partial charge in [-0.15, -0.1) is 0 Å². The Kier molecular flexibility index (Phi) is 4.82. The predicted molar refractivity (Wildman–Crippen MR) is 74.1 cm³/mol. The normalized spacial score (nSPS) is 16.9. The van der Waals surface area contributed by atoms with Crippen LogP contribution in [-0.2, 0) is 11.2 Å². The Balaban J connectivity index is 2.24. The minimum Gasteiger partial charge on any atom is -0.493 e. The molecule has 1 atom stereocenters. The molecule has 0 amide bonds. The summed E-state index contributed by atoms with van der Waals surface area (Å²) in [5.74, 6) is 0.229. The molecular weight excluding hydrogens is 258 g/mol. The molecule has 1 fully saturated rings. The maximum Gasteiger partial charge on any atom is 0.307 e. The van der Waals surface area contributed by atoms with Crippen LogP contribution in [0.5, 0.6) is 11.5 Å². The van der Waals surface area contributed by atoms with E-state index in [1.165, 1.54) is 0 Å². The second-order valence-corrected chi connectivity index (χ2v) is 5.19. The van der Waals surface area contributed by atoms with Gasteiger partial charge in [0.1, 0.15) is 0 Å². The average molecular weight is 279 g/mol. The van der Waals surface area contributed by atoms with E-state index in [4.69, 9.17) is 9.47 Å². The van der Waals surface area contributed by atoms with Gasteiger partial charge in [0.15, 0.2) is 11.5 Å². The molecule has 1 aromatic heterocycles. The molecule has 2 rings (SSSR count). The van der Waals surface area contributed by atoms with Crippen LogP contribution in [0.1, 0.15) is 31.4 Å². The highest BCUT2D eigenvalue weighted by atomic mass is 16.5. The fraction of sp³-hybridized carbons (Fsp3) is 0.600. The smallest absolute Gasteiger partial charge is 0.307 e. The van der Waals surface area contributed by atoms with E-state index in [1.807, 2.05) is 0 Å². The Bertz CT molecular complexity index is 469. The zero-order valence-corrected chi connectivity index (χ0v) is 12.0. The first-order valence-electron chi connectivity index (χ1n) is 6.96. The summed E-state index contributed by atoms with van der Waals surface area (Å²) in [6.07, 6.45) is 6.24. The van der Waals surface area contributed by atoms with Crippen LogP contribution in [0.15, 0.2) is 12.3 Å². The van der Waals surface area contributed by atoms with E-state index < -0.39 is 11.9 Å². The van der Waals surface area contributed by atoms with Gasteiger partial charge in [-0.2, -0.15) is 0 Å². The molecule has 110 valence electrons. The zero-order valence-electron chi connectivity index (χ0n) is 12.0. The number of pyridine rings is 1. The Morgan fingerprint density at radius 2 is 2.10 bits per heavy atom. The van der Waals surface area contributed by atoms with Crippen LogP contribution in [0.3, 0.4) is 0 Å². The van der Waals surface area contributed by atoms with Gasteiger partial charge >= 0.3 is 5.97 Å². The first-order chi connectivity index (χ1) is 9.67. The number of carboxylic acid groups (broad SMARTS) is 1. The van der Waals surface area contributed by atoms with Gasteiger partial charge in [-0.3, -0.25) is 9.78 Å². The molecule has 0 aliphatic heterocycles. The van der Waals surface area contributed by atoms with Crippen molar-refractivity contribution >= 4 is 5.97 Å². The molecule has 0 radical (unpaired) electrons. The molecule has 0 spiro atoms. The summed E-state index contributed by atoms with van der Waals surface area (Å²) in [5, 5.41) is 9.49. The quantitative estimate of drug-likeness (QED) is 0.866. The van der Waals surface area contributed by atoms with Gasteiger partial charge in [-0.25, -0.2) is 0 Å². The molecule has 0 aromatic carbocycles. The van der Waals surface area contributed by atoms with Gasteiger partial charge in [0.05, 0.1) is 25.8 Å². The molecule has 1 aliphatic rings. The maximum absolute atomic E-state index is 11.5. The van der Waals surface area contributed by atoms with Crippen LogP contribution in [0, 0.1) is 11.8 Å². The van der Waals surface area contributed by atoms with E-state index in [2.05, 4.69) is 4.98 Å². The van der Waals surface area contributed by atoms with E-state index in [0.29, 0.717) is 23.6 Å². The average Bonchev–Trinajstić information content (AvgIpc) is 2.97. The molecule has 1 N–H and O–H groups in total. The van der Waals surface area contributed by atoms with Crippen LogP contribution in [0.2, 0.25) is 0 Å². The van der Waals surface area contributed by atoms with Crippen molar-refractivity contribution in [2.45, 2.75) is 32.1 Å². The lowest BCUT2D eigenvalue weighted by Crippen LogP contribution is -2.24. The Labute approximate surface area is 118 Å². The molecule has 5 heteroatoms. The van der Waals surface area contributed by atoms with Gasteiger partial charge in [-0.1, -0.05) is 12.8 Å². The number of rotatable bonds is 6. The fourth-order valence-corrected chi connectivity index (χ4v) is 3.02. The highest BCUT2D eigenvalue weighted by molar-refractivity contribution is 5.71. The minimum atomic E-state index is -0.747. The first kappa shape index (κ1) is 14.6. The van der Waals surface area contributed by atoms with Crippen molar-refractivity contribution in [3.8, 4) is 11.5 Å². The molecule has 0 saturated heterocycles. The van der Waals surface area contributed by atoms with Crippen molar-refractivity contribution in [3.05, 3.63) is 18.0 Å². The van der Waals surface area contributed by atoms with Gasteiger partial charge < -0.3 is 14.6 Å². The number of carbonyl (C=O) groups is 1. The Hall–Kier alpha value is -1.78. The molecule has 1 unspecified atom stereocenters. The second-order valence-electron chi connectivity index (χ2n) is 5.19. The number of aromatic nitrogens is 1. The van der Waals surface area contributed by atoms with Crippen LogP contribution in [0.4, 0.5) is 0 Å². The lowest BCUT2D eigenvalue weighted by atomic mass is 9.87. The molecular formula is C15H21NO4. The van der Waals surface area contributed by atoms with Crippen molar-refractivity contribution < 1.29 is 19.4 Å². The number of ether oxygens (including phenoxy) is 2. The van der Waals surface area contributed by atoms with E-state index in [-0.39, 0.29) is 5.92 Å². The summed E-state index contributed by atoms with van der Waals surface area (Å²) in [6.45, 7) is 0. The number of hydrogen-bond acceptors (Lipinski definition) is 4. The van der Waals surface area contributed by atoms with Gasteiger partial charge in [0, 0.05) is 18.7 Å². The Morgan fingerprint density at radius 3 is 2.65 bits per heavy atom. The highest BCUT2D eigenvalue weighted by Gasteiger charge is 2.32. The van der Waals surface area contributed by atoms with E-state index >= 15 is 0 Å². The van der Waals surface area contributed by atoms with Crippen LogP contribution in [0.25, 0.3) is 0 Å². The summed E-state index contributed by atoms with van der Waals surface area (Å²) in [4.78, 5) is 15.8. The summed E-state index contributed by atoms with van der Waals surface area (Å²) >= 11 is 0. The predicted octanol–water partition coefficient (Wildman–Crippen LogP) is 2.53.